The number of fused-ring (bicyclic) bond motifs is 1. The molecule has 0 unspecified atom stereocenters. The second-order valence-corrected chi connectivity index (χ2v) is 4.71. The lowest BCUT2D eigenvalue weighted by Crippen LogP contribution is -2.13. The van der Waals surface area contributed by atoms with Gasteiger partial charge in [0.15, 0.2) is 0 Å². The molecule has 2 rings (SSSR count). The average Bonchev–Trinajstić information content (AvgIpc) is 2.58. The summed E-state index contributed by atoms with van der Waals surface area (Å²) in [6, 6.07) is 5.77. The van der Waals surface area contributed by atoms with Crippen LogP contribution in [0.2, 0.25) is 0 Å². The minimum absolute atomic E-state index is 0.0512. The number of anilines is 1. The van der Waals surface area contributed by atoms with Crippen molar-refractivity contribution in [2.75, 3.05) is 5.32 Å². The molecule has 1 aromatic heterocycles. The van der Waals surface area contributed by atoms with Gasteiger partial charge in [-0.15, -0.1) is 0 Å². The van der Waals surface area contributed by atoms with Crippen LogP contribution in [0.5, 0.6) is 0 Å². The molecule has 1 amide bonds. The number of rotatable bonds is 3. The third-order valence-electron chi connectivity index (χ3n) is 2.60. The highest BCUT2D eigenvalue weighted by molar-refractivity contribution is 5.93. The molecule has 0 aliphatic carbocycles. The summed E-state index contributed by atoms with van der Waals surface area (Å²) in [4.78, 5) is 15.9. The molecule has 2 aromatic rings. The Hall–Kier alpha value is -1.84. The van der Waals surface area contributed by atoms with Crippen LogP contribution in [0.1, 0.15) is 20.3 Å². The summed E-state index contributed by atoms with van der Waals surface area (Å²) >= 11 is 0. The molecular formula is C13H17N3O. The van der Waals surface area contributed by atoms with Gasteiger partial charge in [0.1, 0.15) is 0 Å². The molecule has 1 aromatic carbocycles. The van der Waals surface area contributed by atoms with Gasteiger partial charge in [-0.2, -0.15) is 0 Å². The third kappa shape index (κ3) is 2.64. The number of imidazole rings is 1. The van der Waals surface area contributed by atoms with Gasteiger partial charge >= 0.3 is 0 Å². The lowest BCUT2D eigenvalue weighted by Gasteiger charge is -2.07. The SMILES string of the molecule is CC(C)CC(=O)Nc1ccc2c(c1)ncn2C. The van der Waals surface area contributed by atoms with Gasteiger partial charge in [0.2, 0.25) is 5.91 Å². The Morgan fingerprint density at radius 2 is 2.24 bits per heavy atom. The number of aromatic nitrogens is 2. The summed E-state index contributed by atoms with van der Waals surface area (Å²) in [6.45, 7) is 4.06. The monoisotopic (exact) mass is 231 g/mol. The lowest BCUT2D eigenvalue weighted by molar-refractivity contribution is -0.116. The van der Waals surface area contributed by atoms with Crippen LogP contribution in [0.4, 0.5) is 5.69 Å². The molecular weight excluding hydrogens is 214 g/mol. The first kappa shape index (κ1) is 11.6. The van der Waals surface area contributed by atoms with Crippen molar-refractivity contribution in [1.82, 2.24) is 9.55 Å². The Bertz CT molecular complexity index is 543. The smallest absolute Gasteiger partial charge is 0.224 e. The molecule has 0 radical (unpaired) electrons. The van der Waals surface area contributed by atoms with Crippen LogP contribution in [0, 0.1) is 5.92 Å². The molecule has 4 nitrogen and oxygen atoms in total. The van der Waals surface area contributed by atoms with E-state index in [1.807, 2.05) is 43.7 Å². The first-order valence-corrected chi connectivity index (χ1v) is 5.77. The van der Waals surface area contributed by atoms with Crippen LogP contribution in [-0.4, -0.2) is 15.5 Å². The Labute approximate surface area is 101 Å². The van der Waals surface area contributed by atoms with E-state index in [-0.39, 0.29) is 5.91 Å². The standard InChI is InChI=1S/C13H17N3O/c1-9(2)6-13(17)15-10-4-5-12-11(7-10)14-8-16(12)3/h4-5,7-9H,6H2,1-3H3,(H,15,17). The maximum absolute atomic E-state index is 11.6. The van der Waals surface area contributed by atoms with Crippen LogP contribution in [0.15, 0.2) is 24.5 Å². The minimum Gasteiger partial charge on any atom is -0.334 e. The van der Waals surface area contributed by atoms with Crippen molar-refractivity contribution in [2.24, 2.45) is 13.0 Å². The van der Waals surface area contributed by atoms with Gasteiger partial charge < -0.3 is 9.88 Å². The predicted octanol–water partition coefficient (Wildman–Crippen LogP) is 2.56. The molecule has 0 saturated heterocycles. The van der Waals surface area contributed by atoms with Crippen molar-refractivity contribution in [2.45, 2.75) is 20.3 Å². The molecule has 0 fully saturated rings. The van der Waals surface area contributed by atoms with E-state index in [1.54, 1.807) is 6.33 Å². The average molecular weight is 231 g/mol. The maximum Gasteiger partial charge on any atom is 0.224 e. The Balaban J connectivity index is 2.17. The summed E-state index contributed by atoms with van der Waals surface area (Å²) in [5.74, 6) is 0.420. The van der Waals surface area contributed by atoms with Crippen molar-refractivity contribution in [3.63, 3.8) is 0 Å². The van der Waals surface area contributed by atoms with Gasteiger partial charge in [0.25, 0.3) is 0 Å². The fourth-order valence-corrected chi connectivity index (χ4v) is 1.80. The molecule has 17 heavy (non-hydrogen) atoms. The highest BCUT2D eigenvalue weighted by Crippen LogP contribution is 2.17. The minimum atomic E-state index is 0.0512. The Morgan fingerprint density at radius 3 is 2.94 bits per heavy atom. The van der Waals surface area contributed by atoms with E-state index in [2.05, 4.69) is 10.3 Å². The highest BCUT2D eigenvalue weighted by Gasteiger charge is 2.06. The summed E-state index contributed by atoms with van der Waals surface area (Å²) in [7, 11) is 1.95. The van der Waals surface area contributed by atoms with E-state index in [4.69, 9.17) is 0 Å². The van der Waals surface area contributed by atoms with Gasteiger partial charge in [-0.25, -0.2) is 4.98 Å². The zero-order chi connectivity index (χ0) is 12.4. The Kier molecular flexibility index (Phi) is 3.13. The Morgan fingerprint density at radius 1 is 1.47 bits per heavy atom. The van der Waals surface area contributed by atoms with Crippen molar-refractivity contribution < 1.29 is 4.79 Å². The van der Waals surface area contributed by atoms with Crippen LogP contribution in [0.25, 0.3) is 11.0 Å². The fraction of sp³-hybridized carbons (Fsp3) is 0.385. The molecule has 0 atom stereocenters. The van der Waals surface area contributed by atoms with Crippen LogP contribution in [0.3, 0.4) is 0 Å². The number of amides is 1. The highest BCUT2D eigenvalue weighted by atomic mass is 16.1. The number of carbonyl (C=O) groups excluding carboxylic acids is 1. The maximum atomic E-state index is 11.6. The number of carbonyl (C=O) groups is 1. The zero-order valence-corrected chi connectivity index (χ0v) is 10.4. The zero-order valence-electron chi connectivity index (χ0n) is 10.4. The van der Waals surface area contributed by atoms with Crippen molar-refractivity contribution in [3.8, 4) is 0 Å². The third-order valence-corrected chi connectivity index (χ3v) is 2.60. The summed E-state index contributed by atoms with van der Waals surface area (Å²) in [5, 5.41) is 2.89. The van der Waals surface area contributed by atoms with Crippen molar-refractivity contribution in [3.05, 3.63) is 24.5 Å². The molecule has 4 heteroatoms. The predicted molar refractivity (Wildman–Crippen MR) is 68.8 cm³/mol. The van der Waals surface area contributed by atoms with E-state index in [0.29, 0.717) is 12.3 Å². The number of aryl methyl sites for hydroxylation is 1. The largest absolute Gasteiger partial charge is 0.334 e. The second-order valence-electron chi connectivity index (χ2n) is 4.71. The van der Waals surface area contributed by atoms with Crippen molar-refractivity contribution in [1.29, 1.82) is 0 Å². The van der Waals surface area contributed by atoms with Crippen LogP contribution < -0.4 is 5.32 Å². The topological polar surface area (TPSA) is 46.9 Å². The van der Waals surface area contributed by atoms with E-state index in [0.717, 1.165) is 16.7 Å². The molecule has 0 bridgehead atoms. The second kappa shape index (κ2) is 4.57. The molecule has 0 aliphatic heterocycles. The number of benzene rings is 1. The molecule has 0 spiro atoms. The normalized spacial score (nSPS) is 11.1. The van der Waals surface area contributed by atoms with Crippen LogP contribution >= 0.6 is 0 Å². The van der Waals surface area contributed by atoms with E-state index in [9.17, 15) is 4.79 Å². The fourth-order valence-electron chi connectivity index (χ4n) is 1.80. The van der Waals surface area contributed by atoms with E-state index in [1.165, 1.54) is 0 Å². The molecule has 0 saturated carbocycles. The van der Waals surface area contributed by atoms with Gasteiger partial charge in [-0.1, -0.05) is 13.8 Å². The van der Waals surface area contributed by atoms with E-state index < -0.39 is 0 Å². The first-order valence-electron chi connectivity index (χ1n) is 5.77. The molecule has 1 heterocycles. The van der Waals surface area contributed by atoms with E-state index >= 15 is 0 Å². The number of nitrogens with zero attached hydrogens (tertiary/aromatic N) is 2. The molecule has 90 valence electrons. The summed E-state index contributed by atoms with van der Waals surface area (Å²) in [6.07, 6.45) is 2.31. The van der Waals surface area contributed by atoms with Gasteiger partial charge in [-0.3, -0.25) is 4.79 Å². The lowest BCUT2D eigenvalue weighted by atomic mass is 10.1. The van der Waals surface area contributed by atoms with Gasteiger partial charge in [0, 0.05) is 19.2 Å². The van der Waals surface area contributed by atoms with Gasteiger partial charge in [0.05, 0.1) is 17.4 Å². The molecule has 1 N–H and O–H groups in total. The summed E-state index contributed by atoms with van der Waals surface area (Å²) in [5.41, 5.74) is 2.77. The van der Waals surface area contributed by atoms with Crippen molar-refractivity contribution >= 4 is 22.6 Å². The number of hydrogen-bond donors (Lipinski definition) is 1. The summed E-state index contributed by atoms with van der Waals surface area (Å²) < 4.78 is 1.95. The van der Waals surface area contributed by atoms with Crippen LogP contribution in [-0.2, 0) is 11.8 Å². The quantitative estimate of drug-likeness (QED) is 0.882. The molecule has 0 aliphatic rings. The van der Waals surface area contributed by atoms with Gasteiger partial charge in [-0.05, 0) is 24.1 Å². The number of hydrogen-bond acceptors (Lipinski definition) is 2. The first-order chi connectivity index (χ1) is 8.06. The number of nitrogens with one attached hydrogen (secondary N) is 1.